The van der Waals surface area contributed by atoms with E-state index in [0.717, 1.165) is 47.7 Å². The van der Waals surface area contributed by atoms with Crippen molar-refractivity contribution >= 4 is 11.3 Å². The molecule has 1 aliphatic carbocycles. The van der Waals surface area contributed by atoms with Crippen LogP contribution in [0.2, 0.25) is 0 Å². The van der Waals surface area contributed by atoms with E-state index in [0.29, 0.717) is 12.5 Å². The molecule has 5 nitrogen and oxygen atoms in total. The average molecular weight is 306 g/mol. The van der Waals surface area contributed by atoms with Crippen molar-refractivity contribution < 1.29 is 4.52 Å². The molecule has 0 saturated heterocycles. The molecule has 1 aliphatic rings. The number of aryl methyl sites for hydroxylation is 1. The van der Waals surface area contributed by atoms with Gasteiger partial charge in [-0.1, -0.05) is 12.1 Å². The van der Waals surface area contributed by atoms with E-state index in [1.165, 1.54) is 12.8 Å². The first kappa shape index (κ1) is 14.7. The number of aromatic nitrogens is 3. The number of thiazole rings is 1. The van der Waals surface area contributed by atoms with Crippen LogP contribution in [0.25, 0.3) is 0 Å². The van der Waals surface area contributed by atoms with Crippen molar-refractivity contribution in [3.05, 3.63) is 27.8 Å². The maximum absolute atomic E-state index is 5.41. The van der Waals surface area contributed by atoms with Gasteiger partial charge in [0.2, 0.25) is 5.89 Å². The van der Waals surface area contributed by atoms with Crippen molar-refractivity contribution in [3.8, 4) is 0 Å². The van der Waals surface area contributed by atoms with E-state index in [2.05, 4.69) is 32.7 Å². The number of rotatable bonds is 8. The molecule has 1 unspecified atom stereocenters. The molecule has 114 valence electrons. The Hall–Kier alpha value is -1.27. The third-order valence-corrected chi connectivity index (χ3v) is 4.58. The van der Waals surface area contributed by atoms with Gasteiger partial charge in [-0.05, 0) is 38.6 Å². The van der Waals surface area contributed by atoms with Gasteiger partial charge in [-0.3, -0.25) is 0 Å². The molecule has 0 aromatic carbocycles. The molecule has 21 heavy (non-hydrogen) atoms. The quantitative estimate of drug-likeness (QED) is 0.812. The third-order valence-electron chi connectivity index (χ3n) is 3.76. The largest absolute Gasteiger partial charge is 0.339 e. The Labute approximate surface area is 129 Å². The van der Waals surface area contributed by atoms with E-state index in [-0.39, 0.29) is 0 Å². The van der Waals surface area contributed by atoms with Crippen molar-refractivity contribution in [2.75, 3.05) is 6.54 Å². The Morgan fingerprint density at radius 1 is 1.43 bits per heavy atom. The van der Waals surface area contributed by atoms with E-state index >= 15 is 0 Å². The molecular formula is C15H22N4OS. The summed E-state index contributed by atoms with van der Waals surface area (Å²) in [5.74, 6) is 2.27. The second-order valence-corrected chi connectivity index (χ2v) is 6.80. The van der Waals surface area contributed by atoms with Crippen LogP contribution in [-0.2, 0) is 12.8 Å². The average Bonchev–Trinajstić information content (AvgIpc) is 3.10. The molecule has 0 radical (unpaired) electrons. The van der Waals surface area contributed by atoms with Gasteiger partial charge in [0.05, 0.1) is 17.1 Å². The molecule has 1 atom stereocenters. The van der Waals surface area contributed by atoms with Crippen molar-refractivity contribution in [1.82, 2.24) is 20.4 Å². The van der Waals surface area contributed by atoms with E-state index in [1.807, 2.05) is 6.92 Å². The standard InChI is InChI=1S/C15H22N4OS/c1-3-6-16-13(11-4-5-11)8-15-18-14(19-20-15)7-12-9-21-10(2)17-12/h9,11,13,16H,3-8H2,1-2H3. The highest BCUT2D eigenvalue weighted by Gasteiger charge is 2.32. The summed E-state index contributed by atoms with van der Waals surface area (Å²) < 4.78 is 5.41. The summed E-state index contributed by atoms with van der Waals surface area (Å²) in [6.07, 6.45) is 5.29. The molecule has 2 aromatic heterocycles. The van der Waals surface area contributed by atoms with Crippen molar-refractivity contribution in [1.29, 1.82) is 0 Å². The first-order valence-corrected chi connectivity index (χ1v) is 8.58. The first-order chi connectivity index (χ1) is 10.2. The molecule has 1 saturated carbocycles. The fourth-order valence-electron chi connectivity index (χ4n) is 2.52. The van der Waals surface area contributed by atoms with Gasteiger partial charge >= 0.3 is 0 Å². The topological polar surface area (TPSA) is 63.8 Å². The molecule has 1 N–H and O–H groups in total. The summed E-state index contributed by atoms with van der Waals surface area (Å²) in [6.45, 7) is 5.26. The maximum Gasteiger partial charge on any atom is 0.228 e. The highest BCUT2D eigenvalue weighted by molar-refractivity contribution is 7.09. The van der Waals surface area contributed by atoms with E-state index in [1.54, 1.807) is 11.3 Å². The predicted octanol–water partition coefficient (Wildman–Crippen LogP) is 2.75. The lowest BCUT2D eigenvalue weighted by molar-refractivity contribution is 0.343. The minimum atomic E-state index is 0.486. The smallest absolute Gasteiger partial charge is 0.228 e. The Morgan fingerprint density at radius 3 is 2.95 bits per heavy atom. The number of hydrogen-bond donors (Lipinski definition) is 1. The van der Waals surface area contributed by atoms with E-state index < -0.39 is 0 Å². The van der Waals surface area contributed by atoms with Gasteiger partial charge < -0.3 is 9.84 Å². The van der Waals surface area contributed by atoms with Crippen LogP contribution in [0.1, 0.15) is 48.6 Å². The zero-order valence-corrected chi connectivity index (χ0v) is 13.4. The minimum absolute atomic E-state index is 0.486. The zero-order valence-electron chi connectivity index (χ0n) is 12.6. The number of hydrogen-bond acceptors (Lipinski definition) is 6. The van der Waals surface area contributed by atoms with Gasteiger partial charge in [-0.15, -0.1) is 11.3 Å². The molecule has 6 heteroatoms. The Balaban J connectivity index is 1.58. The normalized spacial score (nSPS) is 16.3. The van der Waals surface area contributed by atoms with E-state index in [4.69, 9.17) is 4.52 Å². The van der Waals surface area contributed by atoms with Crippen molar-refractivity contribution in [3.63, 3.8) is 0 Å². The van der Waals surface area contributed by atoms with Crippen LogP contribution in [0.5, 0.6) is 0 Å². The lowest BCUT2D eigenvalue weighted by Crippen LogP contribution is -2.33. The SMILES string of the molecule is CCCNC(Cc1nc(Cc2csc(C)n2)no1)C1CC1. The van der Waals surface area contributed by atoms with Gasteiger partial charge in [0.1, 0.15) is 0 Å². The van der Waals surface area contributed by atoms with Crippen LogP contribution in [0.4, 0.5) is 0 Å². The van der Waals surface area contributed by atoms with Crippen LogP contribution in [0.15, 0.2) is 9.90 Å². The lowest BCUT2D eigenvalue weighted by Gasteiger charge is -2.15. The molecule has 0 aliphatic heterocycles. The maximum atomic E-state index is 5.41. The fourth-order valence-corrected chi connectivity index (χ4v) is 3.13. The highest BCUT2D eigenvalue weighted by Crippen LogP contribution is 2.34. The molecule has 3 rings (SSSR count). The second kappa shape index (κ2) is 6.66. The van der Waals surface area contributed by atoms with Crippen LogP contribution < -0.4 is 5.32 Å². The number of nitrogens with zero attached hydrogens (tertiary/aromatic N) is 3. The molecule has 0 spiro atoms. The molecule has 0 bridgehead atoms. The van der Waals surface area contributed by atoms with Gasteiger partial charge in [0, 0.05) is 17.8 Å². The van der Waals surface area contributed by atoms with Gasteiger partial charge in [0.25, 0.3) is 0 Å². The number of nitrogens with one attached hydrogen (secondary N) is 1. The third kappa shape index (κ3) is 4.11. The van der Waals surface area contributed by atoms with Crippen molar-refractivity contribution in [2.24, 2.45) is 5.92 Å². The molecule has 2 heterocycles. The summed E-state index contributed by atoms with van der Waals surface area (Å²) in [4.78, 5) is 8.96. The monoisotopic (exact) mass is 306 g/mol. The summed E-state index contributed by atoms with van der Waals surface area (Å²) in [7, 11) is 0. The Bertz CT molecular complexity index is 576. The highest BCUT2D eigenvalue weighted by atomic mass is 32.1. The second-order valence-electron chi connectivity index (χ2n) is 5.74. The van der Waals surface area contributed by atoms with Crippen LogP contribution in [-0.4, -0.2) is 27.7 Å². The Morgan fingerprint density at radius 2 is 2.29 bits per heavy atom. The summed E-state index contributed by atoms with van der Waals surface area (Å²) in [5, 5.41) is 10.8. The Kier molecular flexibility index (Phi) is 4.65. The summed E-state index contributed by atoms with van der Waals surface area (Å²) in [6, 6.07) is 0.486. The van der Waals surface area contributed by atoms with Gasteiger partial charge in [0.15, 0.2) is 5.82 Å². The molecule has 1 fully saturated rings. The molecule has 2 aromatic rings. The van der Waals surface area contributed by atoms with Crippen molar-refractivity contribution in [2.45, 2.75) is 52.0 Å². The van der Waals surface area contributed by atoms with Crippen LogP contribution >= 0.6 is 11.3 Å². The fraction of sp³-hybridized carbons (Fsp3) is 0.667. The summed E-state index contributed by atoms with van der Waals surface area (Å²) in [5.41, 5.74) is 1.02. The minimum Gasteiger partial charge on any atom is -0.339 e. The van der Waals surface area contributed by atoms with Crippen LogP contribution in [0, 0.1) is 12.8 Å². The molecule has 0 amide bonds. The molecular weight excluding hydrogens is 284 g/mol. The van der Waals surface area contributed by atoms with E-state index in [9.17, 15) is 0 Å². The lowest BCUT2D eigenvalue weighted by atomic mass is 10.1. The van der Waals surface area contributed by atoms with Gasteiger partial charge in [-0.25, -0.2) is 4.98 Å². The van der Waals surface area contributed by atoms with Gasteiger partial charge in [-0.2, -0.15) is 4.98 Å². The first-order valence-electron chi connectivity index (χ1n) is 7.70. The zero-order chi connectivity index (χ0) is 14.7. The van der Waals surface area contributed by atoms with Crippen LogP contribution in [0.3, 0.4) is 0 Å². The summed E-state index contributed by atoms with van der Waals surface area (Å²) >= 11 is 1.66. The predicted molar refractivity (Wildman–Crippen MR) is 82.5 cm³/mol.